The molecule has 0 heterocycles. The summed E-state index contributed by atoms with van der Waals surface area (Å²) >= 11 is 0. The van der Waals surface area contributed by atoms with E-state index >= 15 is 0 Å². The molecule has 3 nitrogen and oxygen atoms in total. The van der Waals surface area contributed by atoms with Crippen molar-refractivity contribution in [1.82, 2.24) is 10.2 Å². The largest absolute Gasteiger partial charge is 0.331 e. The minimum absolute atomic E-state index is 0.0875. The Balaban J connectivity index is 2.07. The number of hydrogen-bond donors (Lipinski definition) is 1. The molecule has 0 aliphatic heterocycles. The van der Waals surface area contributed by atoms with Crippen molar-refractivity contribution in [3.63, 3.8) is 0 Å². The standard InChI is InChI=1S/C14H17FN2O/c1-3-8-17(2)14(18)16-13-7-5-10-4-6-11(15)9-12(10)13/h3-4,6,9,13H,1,5,7-8H2,2H3,(H,16,18)/t13-/m1/s1. The van der Waals surface area contributed by atoms with Crippen LogP contribution >= 0.6 is 0 Å². The number of nitrogens with one attached hydrogen (secondary N) is 1. The SMILES string of the molecule is C=CCN(C)C(=O)N[C@@H]1CCc2ccc(F)cc21. The molecule has 1 N–H and O–H groups in total. The number of urea groups is 1. The van der Waals surface area contributed by atoms with Gasteiger partial charge in [0.1, 0.15) is 5.82 Å². The van der Waals surface area contributed by atoms with Gasteiger partial charge in [-0.25, -0.2) is 9.18 Å². The summed E-state index contributed by atoms with van der Waals surface area (Å²) in [6, 6.07) is 4.53. The third kappa shape index (κ3) is 2.53. The summed E-state index contributed by atoms with van der Waals surface area (Å²) in [5.74, 6) is -0.255. The molecule has 2 rings (SSSR count). The summed E-state index contributed by atoms with van der Waals surface area (Å²) in [6.07, 6.45) is 3.38. The molecule has 0 unspecified atom stereocenters. The molecular formula is C14H17FN2O. The van der Waals surface area contributed by atoms with E-state index in [0.717, 1.165) is 24.0 Å². The van der Waals surface area contributed by atoms with Crippen molar-refractivity contribution in [1.29, 1.82) is 0 Å². The van der Waals surface area contributed by atoms with Gasteiger partial charge in [0.25, 0.3) is 0 Å². The summed E-state index contributed by atoms with van der Waals surface area (Å²) in [6.45, 7) is 4.09. The van der Waals surface area contributed by atoms with E-state index in [9.17, 15) is 9.18 Å². The Morgan fingerprint density at radius 2 is 2.44 bits per heavy atom. The molecule has 96 valence electrons. The molecule has 1 aliphatic rings. The van der Waals surface area contributed by atoms with Gasteiger partial charge in [-0.1, -0.05) is 12.1 Å². The first-order valence-electron chi connectivity index (χ1n) is 6.02. The highest BCUT2D eigenvalue weighted by molar-refractivity contribution is 5.74. The number of carbonyl (C=O) groups is 1. The van der Waals surface area contributed by atoms with E-state index in [1.807, 2.05) is 0 Å². The topological polar surface area (TPSA) is 32.3 Å². The van der Waals surface area contributed by atoms with Crippen LogP contribution in [0.15, 0.2) is 30.9 Å². The second kappa shape index (κ2) is 5.21. The second-order valence-electron chi connectivity index (χ2n) is 4.55. The molecule has 0 saturated heterocycles. The summed E-state index contributed by atoms with van der Waals surface area (Å²) in [7, 11) is 1.71. The minimum atomic E-state index is -0.255. The second-order valence-corrected chi connectivity index (χ2v) is 4.55. The number of aryl methyl sites for hydroxylation is 1. The zero-order valence-corrected chi connectivity index (χ0v) is 10.4. The van der Waals surface area contributed by atoms with Crippen molar-refractivity contribution in [3.05, 3.63) is 47.8 Å². The van der Waals surface area contributed by atoms with Crippen molar-refractivity contribution in [3.8, 4) is 0 Å². The van der Waals surface area contributed by atoms with Crippen LogP contribution in [0.3, 0.4) is 0 Å². The van der Waals surface area contributed by atoms with Gasteiger partial charge < -0.3 is 10.2 Å². The molecule has 1 atom stereocenters. The fraction of sp³-hybridized carbons (Fsp3) is 0.357. The van der Waals surface area contributed by atoms with Crippen molar-refractivity contribution >= 4 is 6.03 Å². The van der Waals surface area contributed by atoms with Crippen LogP contribution in [0, 0.1) is 5.82 Å². The monoisotopic (exact) mass is 248 g/mol. The molecule has 0 bridgehead atoms. The number of nitrogens with zero attached hydrogens (tertiary/aromatic N) is 1. The Kier molecular flexibility index (Phi) is 3.65. The summed E-state index contributed by atoms with van der Waals surface area (Å²) in [5, 5.41) is 2.92. The van der Waals surface area contributed by atoms with E-state index in [4.69, 9.17) is 0 Å². The van der Waals surface area contributed by atoms with Gasteiger partial charge in [-0.3, -0.25) is 0 Å². The van der Waals surface area contributed by atoms with Crippen molar-refractivity contribution in [2.24, 2.45) is 0 Å². The van der Waals surface area contributed by atoms with E-state index < -0.39 is 0 Å². The van der Waals surface area contributed by atoms with Crippen LogP contribution in [0.1, 0.15) is 23.6 Å². The number of rotatable bonds is 3. The zero-order valence-electron chi connectivity index (χ0n) is 10.4. The van der Waals surface area contributed by atoms with E-state index in [-0.39, 0.29) is 17.9 Å². The molecule has 2 amide bonds. The van der Waals surface area contributed by atoms with Gasteiger partial charge >= 0.3 is 6.03 Å². The predicted molar refractivity (Wildman–Crippen MR) is 68.8 cm³/mol. The number of hydrogen-bond acceptors (Lipinski definition) is 1. The van der Waals surface area contributed by atoms with Crippen molar-refractivity contribution in [2.45, 2.75) is 18.9 Å². The first kappa shape index (κ1) is 12.6. The van der Waals surface area contributed by atoms with Gasteiger partial charge in [0.2, 0.25) is 0 Å². The third-order valence-corrected chi connectivity index (χ3v) is 3.23. The highest BCUT2D eigenvalue weighted by Gasteiger charge is 2.25. The lowest BCUT2D eigenvalue weighted by molar-refractivity contribution is 0.209. The predicted octanol–water partition coefficient (Wildman–Crippen LogP) is 2.64. The van der Waals surface area contributed by atoms with Crippen LogP contribution in [0.4, 0.5) is 9.18 Å². The quantitative estimate of drug-likeness (QED) is 0.819. The maximum atomic E-state index is 13.2. The lowest BCUT2D eigenvalue weighted by atomic mass is 10.1. The van der Waals surface area contributed by atoms with Gasteiger partial charge in [0.15, 0.2) is 0 Å². The molecule has 1 aliphatic carbocycles. The fourth-order valence-electron chi connectivity index (χ4n) is 2.26. The molecule has 1 aromatic rings. The first-order valence-corrected chi connectivity index (χ1v) is 6.02. The van der Waals surface area contributed by atoms with Gasteiger partial charge in [-0.05, 0) is 36.1 Å². The maximum absolute atomic E-state index is 13.2. The average Bonchev–Trinajstić information content (AvgIpc) is 2.72. The molecule has 0 saturated carbocycles. The van der Waals surface area contributed by atoms with Crippen LogP contribution in [0.25, 0.3) is 0 Å². The molecule has 4 heteroatoms. The minimum Gasteiger partial charge on any atom is -0.331 e. The molecule has 1 aromatic carbocycles. The van der Waals surface area contributed by atoms with Gasteiger partial charge in [-0.2, -0.15) is 0 Å². The Labute approximate surface area is 106 Å². The van der Waals surface area contributed by atoms with Crippen LogP contribution in [0.5, 0.6) is 0 Å². The smallest absolute Gasteiger partial charge is 0.317 e. The number of fused-ring (bicyclic) bond motifs is 1. The van der Waals surface area contributed by atoms with Gasteiger partial charge in [0, 0.05) is 13.6 Å². The number of likely N-dealkylation sites (N-methyl/N-ethyl adjacent to an activating group) is 1. The number of amides is 2. The first-order chi connectivity index (χ1) is 8.61. The highest BCUT2D eigenvalue weighted by atomic mass is 19.1. The Morgan fingerprint density at radius 3 is 3.17 bits per heavy atom. The van der Waals surface area contributed by atoms with Crippen LogP contribution in [-0.2, 0) is 6.42 Å². The number of halogens is 1. The Morgan fingerprint density at radius 1 is 1.67 bits per heavy atom. The molecule has 0 fully saturated rings. The molecule has 18 heavy (non-hydrogen) atoms. The summed E-state index contributed by atoms with van der Waals surface area (Å²) < 4.78 is 13.2. The normalized spacial score (nSPS) is 17.1. The lowest BCUT2D eigenvalue weighted by Crippen LogP contribution is -2.38. The molecular weight excluding hydrogens is 231 g/mol. The number of benzene rings is 1. The van der Waals surface area contributed by atoms with E-state index in [1.165, 1.54) is 12.1 Å². The highest BCUT2D eigenvalue weighted by Crippen LogP contribution is 2.31. The van der Waals surface area contributed by atoms with Crippen LogP contribution < -0.4 is 5.32 Å². The Hall–Kier alpha value is -1.84. The van der Waals surface area contributed by atoms with Crippen LogP contribution in [0.2, 0.25) is 0 Å². The summed E-state index contributed by atoms with van der Waals surface area (Å²) in [5.41, 5.74) is 2.02. The van der Waals surface area contributed by atoms with Gasteiger partial charge in [-0.15, -0.1) is 6.58 Å². The zero-order chi connectivity index (χ0) is 13.1. The van der Waals surface area contributed by atoms with E-state index in [1.54, 1.807) is 24.1 Å². The van der Waals surface area contributed by atoms with Crippen molar-refractivity contribution in [2.75, 3.05) is 13.6 Å². The van der Waals surface area contributed by atoms with Crippen LogP contribution in [-0.4, -0.2) is 24.5 Å². The van der Waals surface area contributed by atoms with E-state index in [2.05, 4.69) is 11.9 Å². The molecule has 0 spiro atoms. The van der Waals surface area contributed by atoms with Crippen molar-refractivity contribution < 1.29 is 9.18 Å². The number of carbonyl (C=O) groups excluding carboxylic acids is 1. The molecule has 0 aromatic heterocycles. The fourth-order valence-corrected chi connectivity index (χ4v) is 2.26. The lowest BCUT2D eigenvalue weighted by Gasteiger charge is -2.20. The maximum Gasteiger partial charge on any atom is 0.317 e. The van der Waals surface area contributed by atoms with Gasteiger partial charge in [0.05, 0.1) is 6.04 Å². The summed E-state index contributed by atoms with van der Waals surface area (Å²) in [4.78, 5) is 13.4. The molecule has 0 radical (unpaired) electrons. The average molecular weight is 248 g/mol. The van der Waals surface area contributed by atoms with E-state index in [0.29, 0.717) is 6.54 Å². The Bertz CT molecular complexity index is 473. The third-order valence-electron chi connectivity index (χ3n) is 3.23.